The van der Waals surface area contributed by atoms with Gasteiger partial charge in [0.1, 0.15) is 0 Å². The number of halogens is 2. The molecule has 0 aliphatic carbocycles. The molecule has 0 bridgehead atoms. The maximum absolute atomic E-state index is 12.0. The number of hydrogen-bond acceptors (Lipinski definition) is 3. The lowest BCUT2D eigenvalue weighted by Crippen LogP contribution is -2.42. The second kappa shape index (κ2) is 9.25. The summed E-state index contributed by atoms with van der Waals surface area (Å²) in [6, 6.07) is 5.26. The summed E-state index contributed by atoms with van der Waals surface area (Å²) in [4.78, 5) is 25.3. The van der Waals surface area contributed by atoms with E-state index in [4.69, 9.17) is 27.9 Å². The molecular formula is C17H22Cl2N2O3. The third-order valence-corrected chi connectivity index (χ3v) is 4.58. The fourth-order valence-corrected chi connectivity index (χ4v) is 3.09. The first kappa shape index (κ1) is 19.0. The highest BCUT2D eigenvalue weighted by Gasteiger charge is 2.18. The SMILES string of the molecule is CC(=O)N(CCc1ccc(Cl)cc1Cl)CC(=O)NCC1CCCO1. The Bertz CT molecular complexity index is 589. The highest BCUT2D eigenvalue weighted by molar-refractivity contribution is 6.35. The van der Waals surface area contributed by atoms with Gasteiger partial charge in [0.15, 0.2) is 0 Å². The van der Waals surface area contributed by atoms with Gasteiger partial charge in [-0.2, -0.15) is 0 Å². The number of carbonyl (C=O) groups is 2. The summed E-state index contributed by atoms with van der Waals surface area (Å²) in [6.45, 7) is 3.16. The summed E-state index contributed by atoms with van der Waals surface area (Å²) in [5.74, 6) is -0.324. The zero-order chi connectivity index (χ0) is 17.5. The molecule has 1 aliphatic heterocycles. The van der Waals surface area contributed by atoms with Crippen LogP contribution in [0.3, 0.4) is 0 Å². The van der Waals surface area contributed by atoms with E-state index in [1.807, 2.05) is 6.07 Å². The van der Waals surface area contributed by atoms with Crippen molar-refractivity contribution in [2.75, 3.05) is 26.2 Å². The van der Waals surface area contributed by atoms with E-state index in [0.717, 1.165) is 25.0 Å². The van der Waals surface area contributed by atoms with Crippen LogP contribution in [0.2, 0.25) is 10.0 Å². The number of amides is 2. The van der Waals surface area contributed by atoms with Crippen LogP contribution in [0.5, 0.6) is 0 Å². The molecule has 0 saturated carbocycles. The Balaban J connectivity index is 1.82. The lowest BCUT2D eigenvalue weighted by atomic mass is 10.1. The van der Waals surface area contributed by atoms with Gasteiger partial charge < -0.3 is 15.0 Å². The van der Waals surface area contributed by atoms with Gasteiger partial charge in [-0.1, -0.05) is 29.3 Å². The van der Waals surface area contributed by atoms with Crippen molar-refractivity contribution in [1.29, 1.82) is 0 Å². The van der Waals surface area contributed by atoms with Crippen molar-refractivity contribution in [3.8, 4) is 0 Å². The number of hydrogen-bond donors (Lipinski definition) is 1. The predicted octanol–water partition coefficient (Wildman–Crippen LogP) is 2.68. The molecule has 1 aromatic carbocycles. The maximum Gasteiger partial charge on any atom is 0.239 e. The molecule has 0 radical (unpaired) electrons. The summed E-state index contributed by atoms with van der Waals surface area (Å²) in [5.41, 5.74) is 0.895. The summed E-state index contributed by atoms with van der Waals surface area (Å²) >= 11 is 12.0. The molecule has 0 spiro atoms. The summed E-state index contributed by atoms with van der Waals surface area (Å²) < 4.78 is 5.46. The van der Waals surface area contributed by atoms with Crippen LogP contribution >= 0.6 is 23.2 Å². The van der Waals surface area contributed by atoms with Crippen molar-refractivity contribution < 1.29 is 14.3 Å². The van der Waals surface area contributed by atoms with Gasteiger partial charge in [0.05, 0.1) is 12.6 Å². The first-order valence-electron chi connectivity index (χ1n) is 8.03. The minimum atomic E-state index is -0.178. The Morgan fingerprint density at radius 3 is 2.79 bits per heavy atom. The number of nitrogens with zero attached hydrogens (tertiary/aromatic N) is 1. The highest BCUT2D eigenvalue weighted by atomic mass is 35.5. The largest absolute Gasteiger partial charge is 0.376 e. The molecule has 1 fully saturated rings. The maximum atomic E-state index is 12.0. The van der Waals surface area contributed by atoms with Crippen LogP contribution in [0.15, 0.2) is 18.2 Å². The van der Waals surface area contributed by atoms with Crippen molar-refractivity contribution in [3.05, 3.63) is 33.8 Å². The number of rotatable bonds is 7. The normalized spacial score (nSPS) is 16.9. The van der Waals surface area contributed by atoms with Gasteiger partial charge in [-0.3, -0.25) is 9.59 Å². The number of carbonyl (C=O) groups excluding carboxylic acids is 2. The van der Waals surface area contributed by atoms with Crippen LogP contribution in [-0.2, 0) is 20.7 Å². The van der Waals surface area contributed by atoms with Crippen LogP contribution in [0, 0.1) is 0 Å². The molecule has 1 atom stereocenters. The molecule has 5 nitrogen and oxygen atoms in total. The second-order valence-corrected chi connectivity index (χ2v) is 6.71. The fourth-order valence-electron chi connectivity index (χ4n) is 2.59. The van der Waals surface area contributed by atoms with Crippen LogP contribution in [0.25, 0.3) is 0 Å². The number of benzene rings is 1. The first-order valence-corrected chi connectivity index (χ1v) is 8.79. The zero-order valence-corrected chi connectivity index (χ0v) is 15.2. The van der Waals surface area contributed by atoms with E-state index >= 15 is 0 Å². The molecule has 1 aliphatic rings. The molecule has 24 heavy (non-hydrogen) atoms. The van der Waals surface area contributed by atoms with E-state index < -0.39 is 0 Å². The molecule has 0 aromatic heterocycles. The summed E-state index contributed by atoms with van der Waals surface area (Å²) in [6.07, 6.45) is 2.65. The molecule has 1 N–H and O–H groups in total. The van der Waals surface area contributed by atoms with Crippen LogP contribution in [0.4, 0.5) is 0 Å². The fraction of sp³-hybridized carbons (Fsp3) is 0.529. The second-order valence-electron chi connectivity index (χ2n) is 5.87. The lowest BCUT2D eigenvalue weighted by Gasteiger charge is -2.21. The smallest absolute Gasteiger partial charge is 0.239 e. The molecule has 1 unspecified atom stereocenters. The Labute approximate surface area is 152 Å². The monoisotopic (exact) mass is 372 g/mol. The Morgan fingerprint density at radius 2 is 2.17 bits per heavy atom. The quantitative estimate of drug-likeness (QED) is 0.800. The average Bonchev–Trinajstić information content (AvgIpc) is 3.04. The Hall–Kier alpha value is -1.30. The Morgan fingerprint density at radius 1 is 1.38 bits per heavy atom. The summed E-state index contributed by atoms with van der Waals surface area (Å²) in [5, 5.41) is 3.96. The first-order chi connectivity index (χ1) is 11.5. The van der Waals surface area contributed by atoms with E-state index in [2.05, 4.69) is 5.32 Å². The molecule has 1 heterocycles. The topological polar surface area (TPSA) is 58.6 Å². The Kier molecular flexibility index (Phi) is 7.34. The van der Waals surface area contributed by atoms with Gasteiger partial charge in [-0.25, -0.2) is 0 Å². The zero-order valence-electron chi connectivity index (χ0n) is 13.7. The van der Waals surface area contributed by atoms with E-state index in [-0.39, 0.29) is 24.5 Å². The minimum absolute atomic E-state index is 0.0350. The van der Waals surface area contributed by atoms with Crippen molar-refractivity contribution in [3.63, 3.8) is 0 Å². The van der Waals surface area contributed by atoms with Crippen molar-refractivity contribution in [2.45, 2.75) is 32.3 Å². The molecule has 132 valence electrons. The minimum Gasteiger partial charge on any atom is -0.376 e. The van der Waals surface area contributed by atoms with Crippen LogP contribution < -0.4 is 5.32 Å². The van der Waals surface area contributed by atoms with Gasteiger partial charge in [-0.05, 0) is 37.0 Å². The third kappa shape index (κ3) is 5.96. The standard InChI is InChI=1S/C17H22Cl2N2O3/c1-12(22)21(7-6-13-4-5-14(18)9-16(13)19)11-17(23)20-10-15-3-2-8-24-15/h4-5,9,15H,2-3,6-8,10-11H2,1H3,(H,20,23). The number of ether oxygens (including phenoxy) is 1. The van der Waals surface area contributed by atoms with E-state index in [0.29, 0.717) is 29.6 Å². The predicted molar refractivity (Wildman–Crippen MR) is 94.4 cm³/mol. The van der Waals surface area contributed by atoms with E-state index in [1.54, 1.807) is 12.1 Å². The summed E-state index contributed by atoms with van der Waals surface area (Å²) in [7, 11) is 0. The van der Waals surface area contributed by atoms with Crippen molar-refractivity contribution in [1.82, 2.24) is 10.2 Å². The van der Waals surface area contributed by atoms with Gasteiger partial charge in [0.2, 0.25) is 11.8 Å². The van der Waals surface area contributed by atoms with E-state index in [1.165, 1.54) is 11.8 Å². The van der Waals surface area contributed by atoms with Crippen molar-refractivity contribution in [2.24, 2.45) is 0 Å². The van der Waals surface area contributed by atoms with Gasteiger partial charge >= 0.3 is 0 Å². The number of nitrogens with one attached hydrogen (secondary N) is 1. The van der Waals surface area contributed by atoms with Gasteiger partial charge in [-0.15, -0.1) is 0 Å². The molecule has 1 saturated heterocycles. The van der Waals surface area contributed by atoms with Gasteiger partial charge in [0, 0.05) is 36.7 Å². The van der Waals surface area contributed by atoms with Gasteiger partial charge in [0.25, 0.3) is 0 Å². The molecular weight excluding hydrogens is 351 g/mol. The van der Waals surface area contributed by atoms with E-state index in [9.17, 15) is 9.59 Å². The molecule has 2 amide bonds. The molecule has 1 aromatic rings. The average molecular weight is 373 g/mol. The van der Waals surface area contributed by atoms with Crippen LogP contribution in [0.1, 0.15) is 25.3 Å². The molecule has 2 rings (SSSR count). The lowest BCUT2D eigenvalue weighted by molar-refractivity contribution is -0.134. The highest BCUT2D eigenvalue weighted by Crippen LogP contribution is 2.21. The van der Waals surface area contributed by atoms with Crippen molar-refractivity contribution >= 4 is 35.0 Å². The van der Waals surface area contributed by atoms with Crippen LogP contribution in [-0.4, -0.2) is 49.1 Å². The molecule has 7 heteroatoms. The third-order valence-electron chi connectivity index (χ3n) is 4.00.